The Balaban J connectivity index is 2.45. The highest BCUT2D eigenvalue weighted by atomic mass is 35.5. The average Bonchev–Trinajstić information content (AvgIpc) is 2.33. The Morgan fingerprint density at radius 3 is 2.61 bits per heavy atom. The lowest BCUT2D eigenvalue weighted by atomic mass is 10.2. The monoisotopic (exact) mass is 264 g/mol. The van der Waals surface area contributed by atoms with Crippen molar-refractivity contribution in [3.63, 3.8) is 0 Å². The second kappa shape index (κ2) is 5.27. The second-order valence-electron chi connectivity index (χ2n) is 3.93. The first-order valence-corrected chi connectivity index (χ1v) is 6.07. The van der Waals surface area contributed by atoms with Gasteiger partial charge in [0.2, 0.25) is 0 Å². The van der Waals surface area contributed by atoms with Crippen LogP contribution in [0.1, 0.15) is 6.92 Å². The van der Waals surface area contributed by atoms with Gasteiger partial charge >= 0.3 is 0 Å². The lowest BCUT2D eigenvalue weighted by Gasteiger charge is -2.24. The fraction of sp³-hybridized carbons (Fsp3) is 0.143. The molecule has 0 fully saturated rings. The molecule has 0 amide bonds. The fourth-order valence-corrected chi connectivity index (χ4v) is 2.17. The zero-order chi connectivity index (χ0) is 13.1. The quantitative estimate of drug-likeness (QED) is 0.841. The van der Waals surface area contributed by atoms with E-state index in [1.165, 1.54) is 12.1 Å². The molecule has 94 valence electrons. The first kappa shape index (κ1) is 12.7. The van der Waals surface area contributed by atoms with Crippen LogP contribution in [-0.4, -0.2) is 6.54 Å². The van der Waals surface area contributed by atoms with Gasteiger partial charge in [-0.3, -0.25) is 0 Å². The summed E-state index contributed by atoms with van der Waals surface area (Å²) in [7, 11) is 0. The van der Waals surface area contributed by atoms with Crippen molar-refractivity contribution < 1.29 is 4.39 Å². The minimum atomic E-state index is -0.266. The maximum atomic E-state index is 13.3. The summed E-state index contributed by atoms with van der Waals surface area (Å²) in [5, 5.41) is 0.557. The van der Waals surface area contributed by atoms with Gasteiger partial charge < -0.3 is 10.6 Å². The number of halogens is 2. The summed E-state index contributed by atoms with van der Waals surface area (Å²) in [6.07, 6.45) is 0. The number of benzene rings is 2. The molecule has 0 heterocycles. The zero-order valence-corrected chi connectivity index (χ0v) is 10.8. The van der Waals surface area contributed by atoms with Crippen molar-refractivity contribution in [3.8, 4) is 0 Å². The van der Waals surface area contributed by atoms with Gasteiger partial charge in [-0.15, -0.1) is 0 Å². The Morgan fingerprint density at radius 2 is 2.00 bits per heavy atom. The summed E-state index contributed by atoms with van der Waals surface area (Å²) in [5.74, 6) is -0.266. The molecular weight excluding hydrogens is 251 g/mol. The number of anilines is 3. The molecule has 0 aliphatic rings. The Bertz CT molecular complexity index is 557. The maximum absolute atomic E-state index is 13.3. The highest BCUT2D eigenvalue weighted by molar-refractivity contribution is 6.33. The van der Waals surface area contributed by atoms with E-state index < -0.39 is 0 Å². The molecule has 0 spiro atoms. The topological polar surface area (TPSA) is 29.3 Å². The third kappa shape index (κ3) is 2.57. The Kier molecular flexibility index (Phi) is 3.72. The smallest absolute Gasteiger partial charge is 0.125 e. The SMILES string of the molecule is CCN(c1cccc(F)c1)c1ccc(N)cc1Cl. The summed E-state index contributed by atoms with van der Waals surface area (Å²) < 4.78 is 13.3. The van der Waals surface area contributed by atoms with E-state index in [2.05, 4.69) is 0 Å². The normalized spacial score (nSPS) is 10.4. The zero-order valence-electron chi connectivity index (χ0n) is 10.0. The molecule has 2 rings (SSSR count). The molecule has 2 aromatic rings. The molecule has 0 unspecified atom stereocenters. The molecule has 0 bridgehead atoms. The van der Waals surface area contributed by atoms with Crippen molar-refractivity contribution >= 4 is 28.7 Å². The van der Waals surface area contributed by atoms with Gasteiger partial charge in [0.1, 0.15) is 5.82 Å². The predicted molar refractivity (Wildman–Crippen MR) is 74.9 cm³/mol. The molecule has 0 atom stereocenters. The second-order valence-corrected chi connectivity index (χ2v) is 4.34. The van der Waals surface area contributed by atoms with Crippen LogP contribution in [0.15, 0.2) is 42.5 Å². The van der Waals surface area contributed by atoms with E-state index in [9.17, 15) is 4.39 Å². The number of nitrogens with zero attached hydrogens (tertiary/aromatic N) is 1. The van der Waals surface area contributed by atoms with Crippen LogP contribution in [0.4, 0.5) is 21.5 Å². The molecule has 2 aromatic carbocycles. The predicted octanol–water partition coefficient (Wildman–Crippen LogP) is 4.22. The van der Waals surface area contributed by atoms with E-state index in [1.54, 1.807) is 18.2 Å². The molecule has 0 saturated carbocycles. The van der Waals surface area contributed by atoms with Crippen LogP contribution >= 0.6 is 11.6 Å². The van der Waals surface area contributed by atoms with Crippen molar-refractivity contribution in [2.45, 2.75) is 6.92 Å². The molecule has 2 N–H and O–H groups in total. The van der Waals surface area contributed by atoms with Crippen LogP contribution in [0.5, 0.6) is 0 Å². The number of hydrogen-bond acceptors (Lipinski definition) is 2. The number of hydrogen-bond donors (Lipinski definition) is 1. The van der Waals surface area contributed by atoms with Crippen molar-refractivity contribution in [2.24, 2.45) is 0 Å². The highest BCUT2D eigenvalue weighted by Gasteiger charge is 2.11. The van der Waals surface area contributed by atoms with Crippen LogP contribution in [0.25, 0.3) is 0 Å². The molecule has 0 aliphatic carbocycles. The third-order valence-electron chi connectivity index (χ3n) is 2.70. The van der Waals surface area contributed by atoms with Crippen molar-refractivity contribution in [3.05, 3.63) is 53.3 Å². The number of nitrogens with two attached hydrogens (primary N) is 1. The van der Waals surface area contributed by atoms with Crippen LogP contribution in [0, 0.1) is 5.82 Å². The van der Waals surface area contributed by atoms with Crippen LogP contribution < -0.4 is 10.6 Å². The van der Waals surface area contributed by atoms with Crippen molar-refractivity contribution in [1.82, 2.24) is 0 Å². The lowest BCUT2D eigenvalue weighted by Crippen LogP contribution is -2.16. The van der Waals surface area contributed by atoms with Gasteiger partial charge in [0.15, 0.2) is 0 Å². The molecule has 0 saturated heterocycles. The molecule has 0 aromatic heterocycles. The van der Waals surface area contributed by atoms with Crippen molar-refractivity contribution in [2.75, 3.05) is 17.2 Å². The van der Waals surface area contributed by atoms with Gasteiger partial charge in [0.25, 0.3) is 0 Å². The summed E-state index contributed by atoms with van der Waals surface area (Å²) in [4.78, 5) is 1.94. The first-order valence-electron chi connectivity index (χ1n) is 5.70. The maximum Gasteiger partial charge on any atom is 0.125 e. The van der Waals surface area contributed by atoms with E-state index >= 15 is 0 Å². The van der Waals surface area contributed by atoms with E-state index in [0.717, 1.165) is 11.4 Å². The lowest BCUT2D eigenvalue weighted by molar-refractivity contribution is 0.627. The summed E-state index contributed by atoms with van der Waals surface area (Å²) in [6.45, 7) is 2.67. The highest BCUT2D eigenvalue weighted by Crippen LogP contribution is 2.33. The van der Waals surface area contributed by atoms with E-state index in [0.29, 0.717) is 17.3 Å². The largest absolute Gasteiger partial charge is 0.399 e. The minimum absolute atomic E-state index is 0.266. The van der Waals surface area contributed by atoms with Gasteiger partial charge in [-0.25, -0.2) is 4.39 Å². The average molecular weight is 265 g/mol. The molecule has 18 heavy (non-hydrogen) atoms. The molecule has 4 heteroatoms. The van der Waals surface area contributed by atoms with E-state index in [4.69, 9.17) is 17.3 Å². The van der Waals surface area contributed by atoms with Crippen LogP contribution in [-0.2, 0) is 0 Å². The van der Waals surface area contributed by atoms with Crippen molar-refractivity contribution in [1.29, 1.82) is 0 Å². The summed E-state index contributed by atoms with van der Waals surface area (Å²) >= 11 is 6.18. The molecule has 0 aliphatic heterocycles. The fourth-order valence-electron chi connectivity index (χ4n) is 1.88. The number of rotatable bonds is 3. The summed E-state index contributed by atoms with van der Waals surface area (Å²) in [6, 6.07) is 11.7. The van der Waals surface area contributed by atoms with Crippen LogP contribution in [0.3, 0.4) is 0 Å². The molecule has 0 radical (unpaired) electrons. The van der Waals surface area contributed by atoms with E-state index in [-0.39, 0.29) is 5.82 Å². The Morgan fingerprint density at radius 1 is 1.22 bits per heavy atom. The van der Waals surface area contributed by atoms with Gasteiger partial charge in [-0.2, -0.15) is 0 Å². The first-order chi connectivity index (χ1) is 8.61. The minimum Gasteiger partial charge on any atom is -0.399 e. The van der Waals surface area contributed by atoms with E-state index in [1.807, 2.05) is 24.0 Å². The Labute approximate surface area is 111 Å². The van der Waals surface area contributed by atoms with Crippen LogP contribution in [0.2, 0.25) is 5.02 Å². The third-order valence-corrected chi connectivity index (χ3v) is 3.00. The molecule has 2 nitrogen and oxygen atoms in total. The van der Waals surface area contributed by atoms with Gasteiger partial charge in [0, 0.05) is 17.9 Å². The van der Waals surface area contributed by atoms with Gasteiger partial charge in [-0.1, -0.05) is 17.7 Å². The Hall–Kier alpha value is -1.74. The summed E-state index contributed by atoms with van der Waals surface area (Å²) in [5.41, 5.74) is 7.87. The van der Waals surface area contributed by atoms with Gasteiger partial charge in [-0.05, 0) is 43.3 Å². The van der Waals surface area contributed by atoms with Gasteiger partial charge in [0.05, 0.1) is 10.7 Å². The standard InChI is InChI=1S/C14H14ClFN2/c1-2-18(12-5-3-4-10(16)8-12)14-7-6-11(17)9-13(14)15/h3-9H,2,17H2,1H3. The molecular formula is C14H14ClFN2. The number of nitrogen functional groups attached to an aromatic ring is 1.